The van der Waals surface area contributed by atoms with Crippen LogP contribution in [0, 0.1) is 12.7 Å². The molecule has 100 valence electrons. The van der Waals surface area contributed by atoms with Crippen molar-refractivity contribution in [1.29, 1.82) is 0 Å². The van der Waals surface area contributed by atoms with Crippen molar-refractivity contribution < 1.29 is 26.5 Å². The first-order valence-corrected chi connectivity index (χ1v) is 10.7. The van der Waals surface area contributed by atoms with Gasteiger partial charge in [-0.25, -0.2) is 4.39 Å². The van der Waals surface area contributed by atoms with Gasteiger partial charge in [0.05, 0.1) is 0 Å². The summed E-state index contributed by atoms with van der Waals surface area (Å²) in [6, 6.07) is 12.2. The Bertz CT molecular complexity index is 540. The van der Waals surface area contributed by atoms with Crippen LogP contribution in [0.3, 0.4) is 0 Å². The summed E-state index contributed by atoms with van der Waals surface area (Å²) in [5.74, 6) is 0.0161. The molecule has 2 aromatic carbocycles. The van der Waals surface area contributed by atoms with E-state index in [4.69, 9.17) is 18.6 Å². The van der Waals surface area contributed by atoms with Crippen molar-refractivity contribution in [3.05, 3.63) is 53.8 Å². The maximum absolute atomic E-state index is 13.6. The number of hydrogen-bond donors (Lipinski definition) is 1. The molecule has 1 nitrogen and oxygen atoms in total. The Morgan fingerprint density at radius 1 is 1.11 bits per heavy atom. The summed E-state index contributed by atoms with van der Waals surface area (Å²) in [7, 11) is 9.92. The van der Waals surface area contributed by atoms with Gasteiger partial charge in [-0.15, -0.1) is 0 Å². The number of halogens is 3. The van der Waals surface area contributed by atoms with Crippen molar-refractivity contribution in [2.45, 2.75) is 6.92 Å². The van der Waals surface area contributed by atoms with E-state index in [1.54, 1.807) is 18.2 Å². The average molecular weight is 353 g/mol. The second kappa shape index (κ2) is 8.95. The van der Waals surface area contributed by atoms with Crippen LogP contribution in [0.4, 0.5) is 4.39 Å². The number of phenolic OH excluding ortho intramolecular Hbond substituents is 1. The van der Waals surface area contributed by atoms with E-state index in [1.165, 1.54) is 6.07 Å². The molecule has 0 heterocycles. The van der Waals surface area contributed by atoms with Crippen LogP contribution in [-0.2, 0) is 17.0 Å². The van der Waals surface area contributed by atoms with Crippen LogP contribution in [0.1, 0.15) is 5.56 Å². The first-order chi connectivity index (χ1) is 9.08. The fourth-order valence-electron chi connectivity index (χ4n) is 1.45. The van der Waals surface area contributed by atoms with Gasteiger partial charge in [-0.05, 0) is 24.6 Å². The van der Waals surface area contributed by atoms with Crippen molar-refractivity contribution >= 4 is 37.8 Å². The minimum atomic E-state index is -0.556. The first-order valence-electron chi connectivity index (χ1n) is 5.36. The molecule has 1 N–H and O–H groups in total. The molecule has 0 saturated carbocycles. The van der Waals surface area contributed by atoms with Gasteiger partial charge in [-0.1, -0.05) is 38.9 Å². The number of aryl methyl sites for hydroxylation is 1. The summed E-state index contributed by atoms with van der Waals surface area (Å²) in [5.41, 5.74) is 0.906. The Morgan fingerprint density at radius 2 is 1.74 bits per heavy atom. The molecule has 1 atom stereocenters. The van der Waals surface area contributed by atoms with Gasteiger partial charge in [-0.3, -0.25) is 0 Å². The van der Waals surface area contributed by atoms with E-state index in [0.717, 1.165) is 10.9 Å². The molecule has 0 spiro atoms. The van der Waals surface area contributed by atoms with Crippen molar-refractivity contribution in [1.82, 2.24) is 0 Å². The molecule has 19 heavy (non-hydrogen) atoms. The van der Waals surface area contributed by atoms with E-state index >= 15 is 0 Å². The van der Waals surface area contributed by atoms with E-state index in [9.17, 15) is 9.50 Å². The second-order valence-corrected chi connectivity index (χ2v) is 7.60. The van der Waals surface area contributed by atoms with Gasteiger partial charge in [-0.2, -0.15) is 0 Å². The fourth-order valence-corrected chi connectivity index (χ4v) is 2.49. The Hall–Kier alpha value is -0.106. The fraction of sp³-hybridized carbons (Fsp3) is 0.0769. The molecule has 2 aromatic rings. The number of phenols is 1. The van der Waals surface area contributed by atoms with Gasteiger partial charge >= 0.3 is 35.6 Å². The number of rotatable bonds is 2. The summed E-state index contributed by atoms with van der Waals surface area (Å²) >= 11 is -0.556. The zero-order chi connectivity index (χ0) is 14.3. The summed E-state index contributed by atoms with van der Waals surface area (Å²) in [4.78, 5) is 0. The van der Waals surface area contributed by atoms with Crippen molar-refractivity contribution in [2.24, 2.45) is 0 Å². The summed E-state index contributed by atoms with van der Waals surface area (Å²) in [5, 5.41) is 11.0. The zero-order valence-corrected chi connectivity index (χ0v) is 14.2. The van der Waals surface area contributed by atoms with Crippen LogP contribution < -0.4 is 10.6 Å². The molecule has 0 saturated heterocycles. The monoisotopic (exact) mass is 352 g/mol. The van der Waals surface area contributed by atoms with Crippen molar-refractivity contribution in [2.75, 3.05) is 0 Å². The molecular weight excluding hydrogens is 341 g/mol. The topological polar surface area (TPSA) is 20.2 Å². The summed E-state index contributed by atoms with van der Waals surface area (Å²) in [6.07, 6.45) is 0. The predicted molar refractivity (Wildman–Crippen MR) is 78.5 cm³/mol. The molecule has 0 aliphatic rings. The standard InChI is InChI=1S/C13H12FOP.2ClH.Ti/c1-9-6-7-12(10(14)8-9)16-13-5-3-2-4-11(13)15;;;/h2-8,15-16H,1H3;2*1H;/q;;;+2/p-2. The Labute approximate surface area is 130 Å². The van der Waals surface area contributed by atoms with E-state index in [-0.39, 0.29) is 20.1 Å². The molecule has 0 aliphatic carbocycles. The molecule has 1 unspecified atom stereocenters. The zero-order valence-electron chi connectivity index (χ0n) is 10.1. The maximum atomic E-state index is 13.6. The van der Waals surface area contributed by atoms with Crippen LogP contribution >= 0.6 is 27.2 Å². The Balaban J connectivity index is 0.000000550. The van der Waals surface area contributed by atoms with Crippen molar-refractivity contribution in [3.8, 4) is 5.75 Å². The summed E-state index contributed by atoms with van der Waals surface area (Å²) < 4.78 is 13.6. The molecular formula is C13H12Cl2FOPTi. The van der Waals surface area contributed by atoms with Crippen LogP contribution in [0.5, 0.6) is 5.75 Å². The molecule has 0 radical (unpaired) electrons. The molecule has 0 amide bonds. The van der Waals surface area contributed by atoms with Gasteiger partial charge in [0.1, 0.15) is 11.6 Å². The van der Waals surface area contributed by atoms with Gasteiger partial charge in [0.25, 0.3) is 0 Å². The molecule has 0 aromatic heterocycles. The minimum absolute atomic E-state index is 0.146. The SMILES string of the molecule is Cc1ccc(Pc2ccccc2O)c(F)c1.[Cl][Ti][Cl]. The molecule has 0 bridgehead atoms. The van der Waals surface area contributed by atoms with Crippen LogP contribution in [-0.4, -0.2) is 5.11 Å². The van der Waals surface area contributed by atoms with Crippen LogP contribution in [0.25, 0.3) is 0 Å². The number of benzene rings is 2. The normalized spacial score (nSPS) is 10.1. The van der Waals surface area contributed by atoms with E-state index in [1.807, 2.05) is 25.1 Å². The van der Waals surface area contributed by atoms with Gasteiger partial charge in [0.2, 0.25) is 0 Å². The van der Waals surface area contributed by atoms with Crippen LogP contribution in [0.2, 0.25) is 0 Å². The Morgan fingerprint density at radius 3 is 2.32 bits per heavy atom. The molecule has 0 aliphatic heterocycles. The molecule has 0 fully saturated rings. The third-order valence-electron chi connectivity index (χ3n) is 2.30. The molecule has 6 heteroatoms. The van der Waals surface area contributed by atoms with Gasteiger partial charge in [0, 0.05) is 10.6 Å². The van der Waals surface area contributed by atoms with E-state index in [2.05, 4.69) is 0 Å². The number of hydrogen-bond acceptors (Lipinski definition) is 1. The quantitative estimate of drug-likeness (QED) is 0.643. The van der Waals surface area contributed by atoms with Gasteiger partial charge < -0.3 is 5.11 Å². The number of para-hydroxylation sites is 1. The van der Waals surface area contributed by atoms with Crippen LogP contribution in [0.15, 0.2) is 42.5 Å². The predicted octanol–water partition coefficient (Wildman–Crippen LogP) is 3.85. The number of aromatic hydroxyl groups is 1. The van der Waals surface area contributed by atoms with Crippen molar-refractivity contribution in [3.63, 3.8) is 0 Å². The summed E-state index contributed by atoms with van der Waals surface area (Å²) in [6.45, 7) is 1.86. The first kappa shape index (κ1) is 16.9. The van der Waals surface area contributed by atoms with E-state index < -0.39 is 17.0 Å². The van der Waals surface area contributed by atoms with E-state index in [0.29, 0.717) is 5.30 Å². The third kappa shape index (κ3) is 5.81. The average Bonchev–Trinajstić information content (AvgIpc) is 2.36. The Kier molecular flexibility index (Phi) is 7.98. The second-order valence-electron chi connectivity index (χ2n) is 3.70. The van der Waals surface area contributed by atoms with Gasteiger partial charge in [0.15, 0.2) is 0 Å². The third-order valence-corrected chi connectivity index (χ3v) is 3.66. The molecule has 2 rings (SSSR count).